The first-order chi connectivity index (χ1) is 8.88. The van der Waals surface area contributed by atoms with Crippen LogP contribution in [0.4, 0.5) is 0 Å². The van der Waals surface area contributed by atoms with Crippen molar-refractivity contribution in [1.82, 2.24) is 10.6 Å². The first-order valence-corrected chi connectivity index (χ1v) is 6.83. The molecule has 102 valence electrons. The van der Waals surface area contributed by atoms with Gasteiger partial charge in [-0.15, -0.1) is 0 Å². The molecule has 0 fully saturated rings. The molecule has 0 bridgehead atoms. The number of methoxy groups -OCH3 is 1. The van der Waals surface area contributed by atoms with E-state index in [1.165, 1.54) is 12.0 Å². The fourth-order valence-electron chi connectivity index (χ4n) is 1.98. The lowest BCUT2D eigenvalue weighted by Crippen LogP contribution is -2.31. The molecule has 2 N–H and O–H groups in total. The van der Waals surface area contributed by atoms with Gasteiger partial charge in [0.25, 0.3) is 0 Å². The van der Waals surface area contributed by atoms with Gasteiger partial charge in [-0.25, -0.2) is 0 Å². The molecular weight excluding hydrogens is 224 g/mol. The zero-order chi connectivity index (χ0) is 13.1. The SMILES string of the molecule is CCC(CNCCNCCOC)c1ccccc1. The van der Waals surface area contributed by atoms with Crippen molar-refractivity contribution in [3.63, 3.8) is 0 Å². The number of hydrogen-bond donors (Lipinski definition) is 2. The van der Waals surface area contributed by atoms with Crippen molar-refractivity contribution in [2.45, 2.75) is 19.3 Å². The molecule has 1 aromatic rings. The highest BCUT2D eigenvalue weighted by atomic mass is 16.5. The van der Waals surface area contributed by atoms with Gasteiger partial charge in [0.2, 0.25) is 0 Å². The maximum absolute atomic E-state index is 4.98. The van der Waals surface area contributed by atoms with Gasteiger partial charge in [0, 0.05) is 33.3 Å². The van der Waals surface area contributed by atoms with Gasteiger partial charge in [-0.1, -0.05) is 37.3 Å². The Bertz CT molecular complexity index is 290. The summed E-state index contributed by atoms with van der Waals surface area (Å²) in [5.74, 6) is 0.616. The molecular formula is C15H26N2O. The summed E-state index contributed by atoms with van der Waals surface area (Å²) in [4.78, 5) is 0. The minimum Gasteiger partial charge on any atom is -0.383 e. The number of rotatable bonds is 10. The molecule has 0 aromatic heterocycles. The third-order valence-electron chi connectivity index (χ3n) is 3.12. The topological polar surface area (TPSA) is 33.3 Å². The molecule has 1 unspecified atom stereocenters. The molecule has 3 heteroatoms. The average Bonchev–Trinajstić information content (AvgIpc) is 2.43. The first-order valence-electron chi connectivity index (χ1n) is 6.83. The summed E-state index contributed by atoms with van der Waals surface area (Å²) in [6, 6.07) is 10.7. The van der Waals surface area contributed by atoms with Crippen LogP contribution < -0.4 is 10.6 Å². The van der Waals surface area contributed by atoms with Crippen molar-refractivity contribution in [1.29, 1.82) is 0 Å². The van der Waals surface area contributed by atoms with E-state index in [0.29, 0.717) is 5.92 Å². The van der Waals surface area contributed by atoms with Crippen LogP contribution in [0.1, 0.15) is 24.8 Å². The van der Waals surface area contributed by atoms with Crippen molar-refractivity contribution < 1.29 is 4.74 Å². The van der Waals surface area contributed by atoms with E-state index in [9.17, 15) is 0 Å². The predicted octanol–water partition coefficient (Wildman–Crippen LogP) is 2.01. The maximum Gasteiger partial charge on any atom is 0.0587 e. The molecule has 0 spiro atoms. The van der Waals surface area contributed by atoms with Gasteiger partial charge >= 0.3 is 0 Å². The van der Waals surface area contributed by atoms with Crippen molar-refractivity contribution in [3.8, 4) is 0 Å². The van der Waals surface area contributed by atoms with E-state index in [1.807, 2.05) is 0 Å². The molecule has 3 nitrogen and oxygen atoms in total. The molecule has 0 aliphatic heterocycles. The quantitative estimate of drug-likeness (QED) is 0.623. The summed E-state index contributed by atoms with van der Waals surface area (Å²) in [6.45, 7) is 7.00. The Balaban J connectivity index is 2.13. The van der Waals surface area contributed by atoms with Crippen LogP contribution in [0, 0.1) is 0 Å². The number of ether oxygens (including phenoxy) is 1. The van der Waals surface area contributed by atoms with E-state index < -0.39 is 0 Å². The molecule has 0 heterocycles. The second kappa shape index (κ2) is 10.1. The largest absolute Gasteiger partial charge is 0.383 e. The van der Waals surface area contributed by atoms with Gasteiger partial charge in [0.15, 0.2) is 0 Å². The Morgan fingerprint density at radius 3 is 2.44 bits per heavy atom. The molecule has 0 aliphatic rings. The van der Waals surface area contributed by atoms with Crippen LogP contribution in [0.15, 0.2) is 30.3 Å². The average molecular weight is 250 g/mol. The minimum absolute atomic E-state index is 0.616. The Morgan fingerprint density at radius 1 is 1.06 bits per heavy atom. The molecule has 1 atom stereocenters. The molecule has 0 amide bonds. The van der Waals surface area contributed by atoms with Crippen molar-refractivity contribution in [3.05, 3.63) is 35.9 Å². The van der Waals surface area contributed by atoms with Crippen LogP contribution >= 0.6 is 0 Å². The van der Waals surface area contributed by atoms with E-state index >= 15 is 0 Å². The fraction of sp³-hybridized carbons (Fsp3) is 0.600. The highest BCUT2D eigenvalue weighted by molar-refractivity contribution is 5.19. The van der Waals surface area contributed by atoms with Crippen LogP contribution in [0.2, 0.25) is 0 Å². The standard InChI is InChI=1S/C15H26N2O/c1-3-14(15-7-5-4-6-8-15)13-17-10-9-16-11-12-18-2/h4-8,14,16-17H,3,9-13H2,1-2H3. The minimum atomic E-state index is 0.616. The van der Waals surface area contributed by atoms with E-state index in [2.05, 4.69) is 47.9 Å². The second-order valence-corrected chi connectivity index (χ2v) is 4.46. The monoisotopic (exact) mass is 250 g/mol. The lowest BCUT2D eigenvalue weighted by atomic mass is 9.96. The normalized spacial score (nSPS) is 12.6. The molecule has 18 heavy (non-hydrogen) atoms. The van der Waals surface area contributed by atoms with Gasteiger partial charge in [0.05, 0.1) is 6.61 Å². The lowest BCUT2D eigenvalue weighted by molar-refractivity contribution is 0.199. The van der Waals surface area contributed by atoms with Crippen LogP contribution in [-0.4, -0.2) is 39.9 Å². The maximum atomic E-state index is 4.98. The fourth-order valence-corrected chi connectivity index (χ4v) is 1.98. The molecule has 1 aromatic carbocycles. The van der Waals surface area contributed by atoms with Crippen molar-refractivity contribution >= 4 is 0 Å². The van der Waals surface area contributed by atoms with E-state index in [1.54, 1.807) is 7.11 Å². The highest BCUT2D eigenvalue weighted by Crippen LogP contribution is 2.17. The zero-order valence-corrected chi connectivity index (χ0v) is 11.6. The summed E-state index contributed by atoms with van der Waals surface area (Å²) in [5, 5.41) is 6.84. The molecule has 0 aliphatic carbocycles. The summed E-state index contributed by atoms with van der Waals surface area (Å²) in [5.41, 5.74) is 1.43. The second-order valence-electron chi connectivity index (χ2n) is 4.46. The van der Waals surface area contributed by atoms with Crippen LogP contribution in [-0.2, 0) is 4.74 Å². The molecule has 1 rings (SSSR count). The summed E-state index contributed by atoms with van der Waals surface area (Å²) < 4.78 is 4.98. The van der Waals surface area contributed by atoms with Gasteiger partial charge in [-0.05, 0) is 17.9 Å². The third-order valence-corrected chi connectivity index (χ3v) is 3.12. The smallest absolute Gasteiger partial charge is 0.0587 e. The Hall–Kier alpha value is -0.900. The predicted molar refractivity (Wildman–Crippen MR) is 77.1 cm³/mol. The van der Waals surface area contributed by atoms with Crippen molar-refractivity contribution in [2.24, 2.45) is 0 Å². The summed E-state index contributed by atoms with van der Waals surface area (Å²) >= 11 is 0. The van der Waals surface area contributed by atoms with E-state index in [-0.39, 0.29) is 0 Å². The Kier molecular flexibility index (Phi) is 8.47. The highest BCUT2D eigenvalue weighted by Gasteiger charge is 2.07. The van der Waals surface area contributed by atoms with Crippen LogP contribution in [0.3, 0.4) is 0 Å². The molecule has 0 radical (unpaired) electrons. The summed E-state index contributed by atoms with van der Waals surface area (Å²) in [7, 11) is 1.73. The Labute approximate surface area is 111 Å². The number of nitrogens with one attached hydrogen (secondary N) is 2. The van der Waals surface area contributed by atoms with Gasteiger partial charge in [-0.2, -0.15) is 0 Å². The molecule has 0 saturated carbocycles. The summed E-state index contributed by atoms with van der Waals surface area (Å²) in [6.07, 6.45) is 1.17. The lowest BCUT2D eigenvalue weighted by Gasteiger charge is -2.16. The van der Waals surface area contributed by atoms with Crippen LogP contribution in [0.5, 0.6) is 0 Å². The number of hydrogen-bond acceptors (Lipinski definition) is 3. The Morgan fingerprint density at radius 2 is 1.78 bits per heavy atom. The van der Waals surface area contributed by atoms with Crippen LogP contribution in [0.25, 0.3) is 0 Å². The van der Waals surface area contributed by atoms with Gasteiger partial charge in [-0.3, -0.25) is 0 Å². The van der Waals surface area contributed by atoms with Gasteiger partial charge < -0.3 is 15.4 Å². The van der Waals surface area contributed by atoms with E-state index in [0.717, 1.165) is 32.8 Å². The van der Waals surface area contributed by atoms with Gasteiger partial charge in [0.1, 0.15) is 0 Å². The zero-order valence-electron chi connectivity index (χ0n) is 11.6. The number of benzene rings is 1. The van der Waals surface area contributed by atoms with Crippen molar-refractivity contribution in [2.75, 3.05) is 39.9 Å². The molecule has 0 saturated heterocycles. The third kappa shape index (κ3) is 6.15. The first kappa shape index (κ1) is 15.2. The van der Waals surface area contributed by atoms with E-state index in [4.69, 9.17) is 4.74 Å².